The number of hydrogen-bond donors (Lipinski definition) is 0. The van der Waals surface area contributed by atoms with Gasteiger partial charge >= 0.3 is 0 Å². The molecule has 1 rings (SSSR count). The molecular formula is C18H31F2NO2. The molecule has 0 heterocycles. The standard InChI is InChI=1S/C16H25F2NO2.C2H6/c1-5-13(10-15(12(2)3)21-19-4)11-20-14-6-8-16(17,18)9-7-14;1-2/h10,14H,4-9,11H2,1-3H3;1-2H3/b13-10+;. The largest absolute Gasteiger partial charge is 0.374 e. The molecule has 0 aromatic rings. The van der Waals surface area contributed by atoms with Crippen LogP contribution < -0.4 is 0 Å². The Hall–Kier alpha value is -1.23. The first-order chi connectivity index (χ1) is 10.9. The van der Waals surface area contributed by atoms with E-state index in [1.54, 1.807) is 0 Å². The smallest absolute Gasteiger partial charge is 0.248 e. The van der Waals surface area contributed by atoms with E-state index in [1.807, 2.05) is 40.7 Å². The molecule has 0 spiro atoms. The average Bonchev–Trinajstić information content (AvgIpc) is 2.53. The molecular weight excluding hydrogens is 300 g/mol. The highest BCUT2D eigenvalue weighted by Gasteiger charge is 2.35. The number of halogens is 2. The van der Waals surface area contributed by atoms with Gasteiger partial charge in [-0.1, -0.05) is 25.9 Å². The number of rotatable bonds is 7. The van der Waals surface area contributed by atoms with Gasteiger partial charge in [-0.2, -0.15) is 0 Å². The molecule has 23 heavy (non-hydrogen) atoms. The van der Waals surface area contributed by atoms with Crippen molar-refractivity contribution in [2.75, 3.05) is 6.61 Å². The van der Waals surface area contributed by atoms with Gasteiger partial charge in [0.25, 0.3) is 0 Å². The number of hydrogen-bond acceptors (Lipinski definition) is 3. The lowest BCUT2D eigenvalue weighted by Gasteiger charge is -2.28. The van der Waals surface area contributed by atoms with E-state index in [9.17, 15) is 8.78 Å². The lowest BCUT2D eigenvalue weighted by Crippen LogP contribution is -2.29. The molecule has 1 aliphatic rings. The summed E-state index contributed by atoms with van der Waals surface area (Å²) in [6.07, 6.45) is 3.31. The van der Waals surface area contributed by atoms with Crippen LogP contribution in [-0.4, -0.2) is 25.4 Å². The van der Waals surface area contributed by atoms with Gasteiger partial charge in [-0.3, -0.25) is 0 Å². The van der Waals surface area contributed by atoms with Crippen molar-refractivity contribution >= 4 is 6.72 Å². The zero-order valence-corrected chi connectivity index (χ0v) is 15.1. The summed E-state index contributed by atoms with van der Waals surface area (Å²) in [5.74, 6) is -1.86. The summed E-state index contributed by atoms with van der Waals surface area (Å²) in [7, 11) is 0. The molecule has 0 aromatic carbocycles. The van der Waals surface area contributed by atoms with Crippen molar-refractivity contribution < 1.29 is 18.4 Å². The van der Waals surface area contributed by atoms with Gasteiger partial charge in [-0.15, -0.1) is 0 Å². The van der Waals surface area contributed by atoms with Crippen LogP contribution in [0.5, 0.6) is 0 Å². The van der Waals surface area contributed by atoms with Gasteiger partial charge in [0.15, 0.2) is 5.76 Å². The van der Waals surface area contributed by atoms with E-state index in [-0.39, 0.29) is 18.9 Å². The van der Waals surface area contributed by atoms with E-state index in [0.717, 1.165) is 17.6 Å². The minimum atomic E-state index is -2.51. The zero-order chi connectivity index (χ0) is 17.9. The minimum Gasteiger partial charge on any atom is -0.374 e. The van der Waals surface area contributed by atoms with E-state index in [1.165, 1.54) is 0 Å². The van der Waals surface area contributed by atoms with Crippen LogP contribution in [0.25, 0.3) is 0 Å². The van der Waals surface area contributed by atoms with Crippen molar-refractivity contribution in [2.45, 2.75) is 78.7 Å². The van der Waals surface area contributed by atoms with Crippen molar-refractivity contribution in [3.63, 3.8) is 0 Å². The maximum atomic E-state index is 13.1. The lowest BCUT2D eigenvalue weighted by atomic mass is 9.94. The van der Waals surface area contributed by atoms with E-state index < -0.39 is 5.92 Å². The molecule has 1 fully saturated rings. The summed E-state index contributed by atoms with van der Waals surface area (Å²) < 4.78 is 31.9. The molecule has 3 nitrogen and oxygen atoms in total. The maximum absolute atomic E-state index is 13.1. The molecule has 1 saturated carbocycles. The Bertz CT molecular complexity index is 403. The van der Waals surface area contributed by atoms with Crippen LogP contribution >= 0.6 is 0 Å². The Kier molecular flexibility index (Phi) is 10.7. The molecule has 0 aromatic heterocycles. The molecule has 5 heteroatoms. The van der Waals surface area contributed by atoms with E-state index in [4.69, 9.17) is 9.57 Å². The fourth-order valence-corrected chi connectivity index (χ4v) is 2.17. The van der Waals surface area contributed by atoms with Crippen LogP contribution in [0.3, 0.4) is 0 Å². The monoisotopic (exact) mass is 331 g/mol. The molecule has 1 aliphatic carbocycles. The molecule has 0 N–H and O–H groups in total. The van der Waals surface area contributed by atoms with Crippen molar-refractivity contribution in [2.24, 2.45) is 5.16 Å². The van der Waals surface area contributed by atoms with E-state index in [2.05, 4.69) is 11.9 Å². The van der Waals surface area contributed by atoms with Crippen LogP contribution in [0.4, 0.5) is 8.78 Å². The first-order valence-electron chi connectivity index (χ1n) is 8.37. The Morgan fingerprint density at radius 3 is 2.26 bits per heavy atom. The van der Waals surface area contributed by atoms with Gasteiger partial charge in [0.05, 0.1) is 12.7 Å². The predicted octanol–water partition coefficient (Wildman–Crippen LogP) is 5.87. The number of alkyl halides is 2. The third-order valence-corrected chi connectivity index (χ3v) is 3.61. The van der Waals surface area contributed by atoms with Gasteiger partial charge in [-0.05, 0) is 50.3 Å². The average molecular weight is 331 g/mol. The third-order valence-electron chi connectivity index (χ3n) is 3.61. The first kappa shape index (κ1) is 21.8. The maximum Gasteiger partial charge on any atom is 0.248 e. The minimum absolute atomic E-state index is 0.0758. The summed E-state index contributed by atoms with van der Waals surface area (Å²) in [5, 5.41) is 3.43. The molecule has 0 atom stereocenters. The van der Waals surface area contributed by atoms with Gasteiger partial charge in [0.1, 0.15) is 0 Å². The van der Waals surface area contributed by atoms with Crippen molar-refractivity contribution in [3.05, 3.63) is 23.0 Å². The van der Waals surface area contributed by atoms with Gasteiger partial charge in [0, 0.05) is 19.6 Å². The van der Waals surface area contributed by atoms with Crippen LogP contribution in [-0.2, 0) is 9.57 Å². The molecule has 0 bridgehead atoms. The second kappa shape index (κ2) is 11.3. The third kappa shape index (κ3) is 8.84. The van der Waals surface area contributed by atoms with Crippen molar-refractivity contribution in [1.29, 1.82) is 0 Å². The van der Waals surface area contributed by atoms with Crippen molar-refractivity contribution in [3.8, 4) is 0 Å². The van der Waals surface area contributed by atoms with E-state index >= 15 is 0 Å². The molecule has 0 saturated heterocycles. The normalized spacial score (nSPS) is 17.8. The highest BCUT2D eigenvalue weighted by atomic mass is 19.3. The molecule has 0 unspecified atom stereocenters. The topological polar surface area (TPSA) is 30.8 Å². The Morgan fingerprint density at radius 2 is 1.83 bits per heavy atom. The summed E-state index contributed by atoms with van der Waals surface area (Å²) in [4.78, 5) is 5.12. The summed E-state index contributed by atoms with van der Waals surface area (Å²) in [5.41, 5.74) is 2.04. The quantitative estimate of drug-likeness (QED) is 0.253. The predicted molar refractivity (Wildman–Crippen MR) is 91.9 cm³/mol. The van der Waals surface area contributed by atoms with Crippen LogP contribution in [0.2, 0.25) is 0 Å². The number of nitrogens with zero attached hydrogens (tertiary/aromatic N) is 1. The molecule has 0 aliphatic heterocycles. The van der Waals surface area contributed by atoms with Crippen LogP contribution in [0.15, 0.2) is 28.1 Å². The first-order valence-corrected chi connectivity index (χ1v) is 8.37. The zero-order valence-electron chi connectivity index (χ0n) is 15.1. The van der Waals surface area contributed by atoms with Gasteiger partial charge in [0.2, 0.25) is 5.92 Å². The number of oxime groups is 1. The lowest BCUT2D eigenvalue weighted by molar-refractivity contribution is -0.0773. The molecule has 134 valence electrons. The fraction of sp³-hybridized carbons (Fsp3) is 0.722. The number of allylic oxidation sites excluding steroid dienone is 2. The Labute approximate surface area is 139 Å². The SMILES string of the molecule is C=NOC(/C=C(\CC)COC1CCC(F)(F)CC1)=C(C)C.CC. The second-order valence-electron chi connectivity index (χ2n) is 5.61. The van der Waals surface area contributed by atoms with Crippen LogP contribution in [0.1, 0.15) is 66.7 Å². The van der Waals surface area contributed by atoms with Crippen LogP contribution in [0, 0.1) is 0 Å². The van der Waals surface area contributed by atoms with Gasteiger partial charge in [-0.25, -0.2) is 8.78 Å². The summed E-state index contributed by atoms with van der Waals surface area (Å²) in [6, 6.07) is 0. The number of ether oxygens (including phenoxy) is 1. The summed E-state index contributed by atoms with van der Waals surface area (Å²) in [6.45, 7) is 13.6. The summed E-state index contributed by atoms with van der Waals surface area (Å²) >= 11 is 0. The second-order valence-corrected chi connectivity index (χ2v) is 5.61. The van der Waals surface area contributed by atoms with Gasteiger partial charge < -0.3 is 9.57 Å². The Balaban J connectivity index is 0.00000232. The highest BCUT2D eigenvalue weighted by Crippen LogP contribution is 2.34. The molecule has 0 radical (unpaired) electrons. The fourth-order valence-electron chi connectivity index (χ4n) is 2.17. The van der Waals surface area contributed by atoms with Crippen molar-refractivity contribution in [1.82, 2.24) is 0 Å². The Morgan fingerprint density at radius 1 is 1.26 bits per heavy atom. The van der Waals surface area contributed by atoms with E-state index in [0.29, 0.717) is 25.2 Å². The molecule has 0 amide bonds. The highest BCUT2D eigenvalue weighted by molar-refractivity contribution is 5.25.